The van der Waals surface area contributed by atoms with Gasteiger partial charge in [0.1, 0.15) is 5.75 Å². The van der Waals surface area contributed by atoms with E-state index in [1.807, 2.05) is 37.3 Å². The zero-order chi connectivity index (χ0) is 17.3. The minimum atomic E-state index is -0.192. The van der Waals surface area contributed by atoms with Crippen molar-refractivity contribution in [1.82, 2.24) is 0 Å². The molecule has 3 rings (SSSR count). The average Bonchev–Trinajstić information content (AvgIpc) is 2.98. The highest BCUT2D eigenvalue weighted by Crippen LogP contribution is 2.30. The molecule has 5 heteroatoms. The standard InChI is InChI=1S/C19H20N2O3/c1-12-4-7-18(24-3)16(10-12)20-19(23)15-5-6-17-14(11-15)8-9-21(17)13(2)22/h4-7,10-11H,8-9H2,1-3H3,(H,20,23). The number of nitrogens with one attached hydrogen (secondary N) is 1. The lowest BCUT2D eigenvalue weighted by Crippen LogP contribution is -2.25. The molecule has 0 saturated carbocycles. The molecule has 0 unspecified atom stereocenters. The highest BCUT2D eigenvalue weighted by molar-refractivity contribution is 6.06. The Morgan fingerprint density at radius 3 is 2.67 bits per heavy atom. The summed E-state index contributed by atoms with van der Waals surface area (Å²) in [6.07, 6.45) is 0.768. The van der Waals surface area contributed by atoms with E-state index in [2.05, 4.69) is 5.32 Å². The van der Waals surface area contributed by atoms with Gasteiger partial charge in [-0.25, -0.2) is 0 Å². The van der Waals surface area contributed by atoms with Crippen LogP contribution in [0.2, 0.25) is 0 Å². The largest absolute Gasteiger partial charge is 0.495 e. The van der Waals surface area contributed by atoms with Gasteiger partial charge in [-0.1, -0.05) is 6.07 Å². The van der Waals surface area contributed by atoms with Crippen LogP contribution in [-0.4, -0.2) is 25.5 Å². The van der Waals surface area contributed by atoms with Crippen molar-refractivity contribution in [3.8, 4) is 5.75 Å². The van der Waals surface area contributed by atoms with Crippen LogP contribution in [0.25, 0.3) is 0 Å². The summed E-state index contributed by atoms with van der Waals surface area (Å²) in [6, 6.07) is 11.1. The number of fused-ring (bicyclic) bond motifs is 1. The third-order valence-electron chi connectivity index (χ3n) is 4.22. The third-order valence-corrected chi connectivity index (χ3v) is 4.22. The molecule has 1 heterocycles. The molecule has 2 aromatic carbocycles. The number of carbonyl (C=O) groups is 2. The fraction of sp³-hybridized carbons (Fsp3) is 0.263. The maximum Gasteiger partial charge on any atom is 0.255 e. The summed E-state index contributed by atoms with van der Waals surface area (Å²) in [5.41, 5.74) is 4.18. The Bertz CT molecular complexity index is 814. The van der Waals surface area contributed by atoms with Crippen LogP contribution in [0.4, 0.5) is 11.4 Å². The lowest BCUT2D eigenvalue weighted by atomic mass is 10.1. The van der Waals surface area contributed by atoms with Gasteiger partial charge in [-0.3, -0.25) is 9.59 Å². The van der Waals surface area contributed by atoms with Gasteiger partial charge in [0.25, 0.3) is 5.91 Å². The van der Waals surface area contributed by atoms with Crippen LogP contribution < -0.4 is 15.0 Å². The summed E-state index contributed by atoms with van der Waals surface area (Å²) in [6.45, 7) is 4.18. The number of ether oxygens (including phenoxy) is 1. The number of rotatable bonds is 3. The number of nitrogens with zero attached hydrogens (tertiary/aromatic N) is 1. The van der Waals surface area contributed by atoms with E-state index in [9.17, 15) is 9.59 Å². The fourth-order valence-corrected chi connectivity index (χ4v) is 2.98. The summed E-state index contributed by atoms with van der Waals surface area (Å²) >= 11 is 0. The van der Waals surface area contributed by atoms with Crippen molar-refractivity contribution in [2.75, 3.05) is 23.9 Å². The Morgan fingerprint density at radius 1 is 1.17 bits per heavy atom. The number of benzene rings is 2. The first-order valence-corrected chi connectivity index (χ1v) is 7.86. The number of hydrogen-bond donors (Lipinski definition) is 1. The van der Waals surface area contributed by atoms with E-state index in [0.29, 0.717) is 23.5 Å². The van der Waals surface area contributed by atoms with Gasteiger partial charge in [0.05, 0.1) is 12.8 Å². The molecule has 1 aliphatic heterocycles. The monoisotopic (exact) mass is 324 g/mol. The van der Waals surface area contributed by atoms with Gasteiger partial charge in [0.2, 0.25) is 5.91 Å². The SMILES string of the molecule is COc1ccc(C)cc1NC(=O)c1ccc2c(c1)CCN2C(C)=O. The maximum atomic E-state index is 12.6. The summed E-state index contributed by atoms with van der Waals surface area (Å²) in [4.78, 5) is 25.9. The molecule has 1 N–H and O–H groups in total. The number of hydrogen-bond acceptors (Lipinski definition) is 3. The number of anilines is 2. The van der Waals surface area contributed by atoms with E-state index >= 15 is 0 Å². The summed E-state index contributed by atoms with van der Waals surface area (Å²) in [5, 5.41) is 2.90. The summed E-state index contributed by atoms with van der Waals surface area (Å²) in [7, 11) is 1.58. The summed E-state index contributed by atoms with van der Waals surface area (Å²) in [5.74, 6) is 0.455. The Morgan fingerprint density at radius 2 is 1.96 bits per heavy atom. The molecular weight excluding hydrogens is 304 g/mol. The first-order valence-electron chi connectivity index (χ1n) is 7.86. The molecule has 5 nitrogen and oxygen atoms in total. The highest BCUT2D eigenvalue weighted by Gasteiger charge is 2.23. The van der Waals surface area contributed by atoms with Gasteiger partial charge < -0.3 is 15.0 Å². The molecule has 0 aromatic heterocycles. The van der Waals surface area contributed by atoms with Crippen molar-refractivity contribution < 1.29 is 14.3 Å². The molecule has 2 amide bonds. The lowest BCUT2D eigenvalue weighted by Gasteiger charge is -2.15. The Balaban J connectivity index is 1.85. The van der Waals surface area contributed by atoms with Crippen LogP contribution in [0.3, 0.4) is 0 Å². The second-order valence-corrected chi connectivity index (χ2v) is 5.92. The lowest BCUT2D eigenvalue weighted by molar-refractivity contribution is -0.116. The van der Waals surface area contributed by atoms with Crippen LogP contribution in [-0.2, 0) is 11.2 Å². The van der Waals surface area contributed by atoms with Gasteiger partial charge in [-0.2, -0.15) is 0 Å². The maximum absolute atomic E-state index is 12.6. The molecule has 0 fully saturated rings. The van der Waals surface area contributed by atoms with Crippen molar-refractivity contribution in [3.63, 3.8) is 0 Å². The molecule has 2 aromatic rings. The van der Waals surface area contributed by atoms with Crippen LogP contribution in [0.15, 0.2) is 36.4 Å². The highest BCUT2D eigenvalue weighted by atomic mass is 16.5. The second kappa shape index (κ2) is 6.35. The van der Waals surface area contributed by atoms with E-state index in [-0.39, 0.29) is 11.8 Å². The average molecular weight is 324 g/mol. The Hall–Kier alpha value is -2.82. The van der Waals surface area contributed by atoms with Crippen molar-refractivity contribution in [3.05, 3.63) is 53.1 Å². The zero-order valence-electron chi connectivity index (χ0n) is 14.1. The third kappa shape index (κ3) is 2.97. The molecular formula is C19H20N2O3. The molecule has 24 heavy (non-hydrogen) atoms. The molecule has 1 aliphatic rings. The van der Waals surface area contributed by atoms with Crippen LogP contribution >= 0.6 is 0 Å². The van der Waals surface area contributed by atoms with Crippen molar-refractivity contribution >= 4 is 23.2 Å². The van der Waals surface area contributed by atoms with Gasteiger partial charge in [-0.15, -0.1) is 0 Å². The molecule has 0 saturated heterocycles. The van der Waals surface area contributed by atoms with Gasteiger partial charge in [-0.05, 0) is 54.8 Å². The molecule has 124 valence electrons. The molecule has 0 atom stereocenters. The number of aryl methyl sites for hydroxylation is 1. The minimum Gasteiger partial charge on any atom is -0.495 e. The van der Waals surface area contributed by atoms with E-state index in [1.165, 1.54) is 0 Å². The van der Waals surface area contributed by atoms with Gasteiger partial charge in [0, 0.05) is 24.7 Å². The van der Waals surface area contributed by atoms with Crippen molar-refractivity contribution in [2.45, 2.75) is 20.3 Å². The molecule has 0 bridgehead atoms. The molecule has 0 radical (unpaired) electrons. The number of amides is 2. The normalized spacial score (nSPS) is 12.7. The van der Waals surface area contributed by atoms with Gasteiger partial charge >= 0.3 is 0 Å². The number of methoxy groups -OCH3 is 1. The van der Waals surface area contributed by atoms with Crippen molar-refractivity contribution in [2.24, 2.45) is 0 Å². The predicted octanol–water partition coefficient (Wildman–Crippen LogP) is 3.16. The quantitative estimate of drug-likeness (QED) is 0.943. The second-order valence-electron chi connectivity index (χ2n) is 5.92. The van der Waals surface area contributed by atoms with Crippen molar-refractivity contribution in [1.29, 1.82) is 0 Å². The molecule has 0 aliphatic carbocycles. The van der Waals surface area contributed by atoms with E-state index in [1.54, 1.807) is 25.0 Å². The Labute approximate surface area is 141 Å². The van der Waals surface area contributed by atoms with E-state index in [0.717, 1.165) is 23.2 Å². The Kier molecular flexibility index (Phi) is 4.25. The predicted molar refractivity (Wildman–Crippen MR) is 93.9 cm³/mol. The van der Waals surface area contributed by atoms with E-state index in [4.69, 9.17) is 4.74 Å². The first kappa shape index (κ1) is 16.1. The summed E-state index contributed by atoms with van der Waals surface area (Å²) < 4.78 is 5.29. The van der Waals surface area contributed by atoms with Crippen LogP contribution in [0.5, 0.6) is 5.75 Å². The zero-order valence-corrected chi connectivity index (χ0v) is 14.1. The minimum absolute atomic E-state index is 0.0236. The molecule has 0 spiro atoms. The first-order chi connectivity index (χ1) is 11.5. The topological polar surface area (TPSA) is 58.6 Å². The van der Waals surface area contributed by atoms with Gasteiger partial charge in [0.15, 0.2) is 0 Å². The number of carbonyl (C=O) groups excluding carboxylic acids is 2. The van der Waals surface area contributed by atoms with Crippen LogP contribution in [0.1, 0.15) is 28.4 Å². The van der Waals surface area contributed by atoms with E-state index < -0.39 is 0 Å². The van der Waals surface area contributed by atoms with Crippen LogP contribution in [0, 0.1) is 6.92 Å². The fourth-order valence-electron chi connectivity index (χ4n) is 2.98. The smallest absolute Gasteiger partial charge is 0.255 e.